The summed E-state index contributed by atoms with van der Waals surface area (Å²) in [6.45, 7) is 1.06. The molecule has 10 nitrogen and oxygen atoms in total. The van der Waals surface area contributed by atoms with E-state index in [1.54, 1.807) is 6.92 Å². The molecule has 0 amide bonds. The van der Waals surface area contributed by atoms with Crippen LogP contribution in [0.4, 0.5) is 0 Å². The molecular weight excluding hydrogens is 426 g/mol. The maximum atomic E-state index is 13.7. The van der Waals surface area contributed by atoms with Gasteiger partial charge in [0, 0.05) is 47.3 Å². The predicted octanol–water partition coefficient (Wildman–Crippen LogP) is -1.44. The van der Waals surface area contributed by atoms with Gasteiger partial charge in [-0.3, -0.25) is 24.3 Å². The summed E-state index contributed by atoms with van der Waals surface area (Å²) >= 11 is 0. The van der Waals surface area contributed by atoms with E-state index in [1.165, 1.54) is 7.11 Å². The number of methoxy groups -OCH3 is 1. The van der Waals surface area contributed by atoms with Crippen molar-refractivity contribution in [3.8, 4) is 12.1 Å². The highest BCUT2D eigenvalue weighted by Gasteiger charge is 2.68. The number of aliphatic hydroxyl groups is 2. The minimum absolute atomic E-state index is 0.0551. The van der Waals surface area contributed by atoms with Crippen molar-refractivity contribution in [3.05, 3.63) is 22.5 Å². The Morgan fingerprint density at radius 1 is 1.09 bits per heavy atom. The second-order valence-electron chi connectivity index (χ2n) is 9.46. The molecule has 0 aromatic carbocycles. The van der Waals surface area contributed by atoms with E-state index in [-0.39, 0.29) is 65.5 Å². The van der Waals surface area contributed by atoms with Crippen LogP contribution in [0.1, 0.15) is 13.3 Å². The summed E-state index contributed by atoms with van der Waals surface area (Å²) in [6, 6.07) is 1.42. The summed E-state index contributed by atoms with van der Waals surface area (Å²) in [6.07, 6.45) is 0.616. The molecule has 5 aliphatic rings. The van der Waals surface area contributed by atoms with E-state index in [4.69, 9.17) is 4.74 Å². The maximum Gasteiger partial charge on any atom is 0.226 e. The molecule has 10 heteroatoms. The standard InChI is InChI=1S/C23H27N5O5/c1-10-21(31)17-16(22(32)23(10)33-3)15(9-30)28-14(8-25)12-6-11-13(7-24)27(4-5-29)19(17)20(28)18(11)26(12)2/h11-15,18-20,29-30H,4-6,9H2,1-3H3/t11-,12?,13-,14+,15+,18-,19-,20-/m0/s1. The number of allylic oxidation sites excluding steroid dienone is 2. The SMILES string of the molecule is COC1=C(C)C(=O)C2=C(C1=O)[C@@H](CO)N1[C@H]3[C@@H]4[C@@H](CC([C@H]1C#N)N4C)[C@H](C#N)N(CCO)[C@@H]23. The fourth-order valence-corrected chi connectivity index (χ4v) is 7.30. The number of carbonyl (C=O) groups excluding carboxylic acids is 2. The van der Waals surface area contributed by atoms with Crippen LogP contribution >= 0.6 is 0 Å². The largest absolute Gasteiger partial charge is 0.492 e. The summed E-state index contributed by atoms with van der Waals surface area (Å²) in [7, 11) is 3.28. The topological polar surface area (TPSA) is 141 Å². The highest BCUT2D eigenvalue weighted by atomic mass is 16.5. The minimum Gasteiger partial charge on any atom is -0.492 e. The van der Waals surface area contributed by atoms with Crippen molar-refractivity contribution in [1.82, 2.24) is 14.7 Å². The van der Waals surface area contributed by atoms with Gasteiger partial charge < -0.3 is 14.9 Å². The Morgan fingerprint density at radius 2 is 1.79 bits per heavy atom. The van der Waals surface area contributed by atoms with Gasteiger partial charge in [0.1, 0.15) is 12.1 Å². The van der Waals surface area contributed by atoms with Gasteiger partial charge in [-0.1, -0.05) is 0 Å². The highest BCUT2D eigenvalue weighted by molar-refractivity contribution is 6.25. The summed E-state index contributed by atoms with van der Waals surface area (Å²) in [5.74, 6) is -0.954. The second kappa shape index (κ2) is 7.73. The van der Waals surface area contributed by atoms with E-state index in [0.29, 0.717) is 6.42 Å². The number of piperazine rings is 1. The van der Waals surface area contributed by atoms with Gasteiger partial charge in [0.15, 0.2) is 11.5 Å². The molecule has 174 valence electrons. The molecule has 2 bridgehead atoms. The van der Waals surface area contributed by atoms with E-state index in [2.05, 4.69) is 17.0 Å². The first-order valence-electron chi connectivity index (χ1n) is 11.2. The molecule has 4 heterocycles. The number of β-amino-alcohol motifs (C(OH)–C–C–N with tert-alkyl or cyclic N) is 1. The number of likely N-dealkylation sites (tertiary alicyclic amines) is 1. The number of ketones is 2. The summed E-state index contributed by atoms with van der Waals surface area (Å²) in [4.78, 5) is 33.1. The van der Waals surface area contributed by atoms with E-state index < -0.39 is 36.6 Å². The molecule has 0 spiro atoms. The Balaban J connectivity index is 1.81. The lowest BCUT2D eigenvalue weighted by Crippen LogP contribution is -2.78. The average Bonchev–Trinajstić information content (AvgIpc) is 3.07. The van der Waals surface area contributed by atoms with Crippen LogP contribution in [-0.2, 0) is 14.3 Å². The molecular formula is C23H27N5O5. The number of fused-ring (bicyclic) bond motifs is 2. The number of likely N-dealkylation sites (N-methyl/N-ethyl adjacent to an activating group) is 1. The summed E-state index contributed by atoms with van der Waals surface area (Å²) in [5.41, 5.74) is 0.603. The molecule has 1 unspecified atom stereocenters. The van der Waals surface area contributed by atoms with Gasteiger partial charge >= 0.3 is 0 Å². The van der Waals surface area contributed by atoms with Crippen molar-refractivity contribution < 1.29 is 24.5 Å². The Kier molecular flexibility index (Phi) is 5.20. The molecule has 2 N–H and O–H groups in total. The number of ether oxygens (including phenoxy) is 1. The third-order valence-corrected chi connectivity index (χ3v) is 8.42. The fraction of sp³-hybridized carbons (Fsp3) is 0.652. The third kappa shape index (κ3) is 2.59. The van der Waals surface area contributed by atoms with Crippen LogP contribution in [0, 0.1) is 28.6 Å². The molecule has 0 aromatic heterocycles. The van der Waals surface area contributed by atoms with Crippen molar-refractivity contribution in [1.29, 1.82) is 10.5 Å². The molecule has 0 saturated carbocycles. The zero-order valence-electron chi connectivity index (χ0n) is 18.8. The first-order valence-corrected chi connectivity index (χ1v) is 11.2. The number of nitrogens with zero attached hydrogens (tertiary/aromatic N) is 5. The Hall–Kier alpha value is -2.60. The molecule has 5 rings (SSSR count). The van der Waals surface area contributed by atoms with E-state index in [1.807, 2.05) is 16.8 Å². The first kappa shape index (κ1) is 22.2. The second-order valence-corrected chi connectivity index (χ2v) is 9.46. The smallest absolute Gasteiger partial charge is 0.226 e. The molecule has 3 fully saturated rings. The summed E-state index contributed by atoms with van der Waals surface area (Å²) in [5, 5.41) is 40.7. The van der Waals surface area contributed by atoms with Crippen LogP contribution in [0.5, 0.6) is 0 Å². The average molecular weight is 453 g/mol. The fourth-order valence-electron chi connectivity index (χ4n) is 7.30. The van der Waals surface area contributed by atoms with Crippen molar-refractivity contribution in [3.63, 3.8) is 0 Å². The predicted molar refractivity (Wildman–Crippen MR) is 113 cm³/mol. The Morgan fingerprint density at radius 3 is 2.36 bits per heavy atom. The van der Waals surface area contributed by atoms with E-state index in [0.717, 1.165) is 0 Å². The zero-order chi connectivity index (χ0) is 23.8. The third-order valence-electron chi connectivity index (χ3n) is 8.42. The van der Waals surface area contributed by atoms with Gasteiger partial charge in [0.05, 0.1) is 44.5 Å². The van der Waals surface area contributed by atoms with Crippen LogP contribution in [-0.4, -0.2) is 113 Å². The number of Topliss-reactive ketones (excluding diaryl/α,β-unsaturated/α-hetero) is 2. The normalized spacial score (nSPS) is 40.6. The van der Waals surface area contributed by atoms with Gasteiger partial charge in [-0.05, 0) is 20.4 Å². The monoisotopic (exact) mass is 453 g/mol. The van der Waals surface area contributed by atoms with E-state index in [9.17, 15) is 30.3 Å². The number of carbonyl (C=O) groups is 2. The minimum atomic E-state index is -0.826. The lowest BCUT2D eigenvalue weighted by molar-refractivity contribution is -0.130. The number of rotatable bonds is 4. The molecule has 4 aliphatic heterocycles. The van der Waals surface area contributed by atoms with Crippen LogP contribution in [0.2, 0.25) is 0 Å². The maximum absolute atomic E-state index is 13.7. The first-order chi connectivity index (χ1) is 15.9. The van der Waals surface area contributed by atoms with Crippen molar-refractivity contribution in [2.45, 2.75) is 55.6 Å². The van der Waals surface area contributed by atoms with Crippen LogP contribution in [0.25, 0.3) is 0 Å². The van der Waals surface area contributed by atoms with Crippen molar-refractivity contribution in [2.24, 2.45) is 5.92 Å². The molecule has 3 saturated heterocycles. The van der Waals surface area contributed by atoms with Crippen molar-refractivity contribution >= 4 is 11.6 Å². The molecule has 0 aromatic rings. The number of hydrogen-bond donors (Lipinski definition) is 2. The van der Waals surface area contributed by atoms with Gasteiger partial charge in [-0.25, -0.2) is 0 Å². The highest BCUT2D eigenvalue weighted by Crippen LogP contribution is 2.53. The summed E-state index contributed by atoms with van der Waals surface area (Å²) < 4.78 is 5.28. The number of hydrogen-bond acceptors (Lipinski definition) is 10. The van der Waals surface area contributed by atoms with Gasteiger partial charge in [-0.2, -0.15) is 10.5 Å². The van der Waals surface area contributed by atoms with Crippen LogP contribution < -0.4 is 0 Å². The molecule has 8 atom stereocenters. The van der Waals surface area contributed by atoms with Crippen molar-refractivity contribution in [2.75, 3.05) is 33.9 Å². The van der Waals surface area contributed by atoms with E-state index >= 15 is 0 Å². The number of nitriles is 2. The number of piperidine rings is 1. The molecule has 33 heavy (non-hydrogen) atoms. The number of aliphatic hydroxyl groups excluding tert-OH is 2. The Bertz CT molecular complexity index is 1070. The lowest BCUT2D eigenvalue weighted by Gasteiger charge is -2.62. The van der Waals surface area contributed by atoms with Gasteiger partial charge in [0.2, 0.25) is 5.78 Å². The zero-order valence-corrected chi connectivity index (χ0v) is 18.8. The Labute approximate surface area is 191 Å². The van der Waals surface area contributed by atoms with Crippen LogP contribution in [0.15, 0.2) is 22.5 Å². The quantitative estimate of drug-likeness (QED) is 0.486. The molecule has 0 radical (unpaired) electrons. The van der Waals surface area contributed by atoms with Crippen LogP contribution in [0.3, 0.4) is 0 Å². The van der Waals surface area contributed by atoms with Gasteiger partial charge in [-0.15, -0.1) is 0 Å². The van der Waals surface area contributed by atoms with Gasteiger partial charge in [0.25, 0.3) is 0 Å². The lowest BCUT2D eigenvalue weighted by atomic mass is 9.68. The molecule has 1 aliphatic carbocycles.